The Balaban J connectivity index is 1.79. The number of carbonyl (C=O) groups excluding carboxylic acids is 1. The molecular formula is C15H22N2OS. The van der Waals surface area contributed by atoms with Gasteiger partial charge in [-0.25, -0.2) is 0 Å². The van der Waals surface area contributed by atoms with Crippen molar-refractivity contribution in [1.82, 2.24) is 0 Å². The summed E-state index contributed by atoms with van der Waals surface area (Å²) in [6.07, 6.45) is 5.27. The van der Waals surface area contributed by atoms with Crippen LogP contribution < -0.4 is 11.5 Å². The van der Waals surface area contributed by atoms with E-state index in [1.165, 1.54) is 35.3 Å². The molecule has 0 aromatic heterocycles. The molecule has 2 rings (SSSR count). The van der Waals surface area contributed by atoms with Crippen LogP contribution in [0.4, 0.5) is 0 Å². The van der Waals surface area contributed by atoms with E-state index in [0.29, 0.717) is 6.42 Å². The van der Waals surface area contributed by atoms with Crippen LogP contribution in [-0.4, -0.2) is 17.2 Å². The first kappa shape index (κ1) is 14.4. The molecule has 0 fully saturated rings. The van der Waals surface area contributed by atoms with Gasteiger partial charge in [-0.15, -0.1) is 11.8 Å². The molecule has 0 bridgehead atoms. The quantitative estimate of drug-likeness (QED) is 0.619. The van der Waals surface area contributed by atoms with E-state index in [2.05, 4.69) is 18.2 Å². The standard InChI is InChI=1S/C15H22N2OS/c1-15(17,14(16)18)8-3-9-19-13-7-6-11-4-2-5-12(11)10-13/h6-7,10H,2-5,8-9,17H2,1H3,(H2,16,18). The topological polar surface area (TPSA) is 69.1 Å². The van der Waals surface area contributed by atoms with E-state index in [-0.39, 0.29) is 0 Å². The molecule has 1 aliphatic carbocycles. The SMILES string of the molecule is CC(N)(CCCSc1ccc2c(c1)CCC2)C(N)=O. The molecule has 104 valence electrons. The largest absolute Gasteiger partial charge is 0.368 e. The summed E-state index contributed by atoms with van der Waals surface area (Å²) in [5.74, 6) is 0.550. The maximum absolute atomic E-state index is 11.1. The Bertz CT molecular complexity index is 471. The molecule has 1 atom stereocenters. The van der Waals surface area contributed by atoms with E-state index in [4.69, 9.17) is 11.5 Å². The van der Waals surface area contributed by atoms with E-state index in [0.717, 1.165) is 12.2 Å². The summed E-state index contributed by atoms with van der Waals surface area (Å²) in [7, 11) is 0. The zero-order valence-corrected chi connectivity index (χ0v) is 12.3. The summed E-state index contributed by atoms with van der Waals surface area (Å²) in [5.41, 5.74) is 13.2. The zero-order chi connectivity index (χ0) is 13.9. The van der Waals surface area contributed by atoms with Crippen molar-refractivity contribution in [2.75, 3.05) is 5.75 Å². The predicted octanol–water partition coefficient (Wildman–Crippen LogP) is 2.25. The second kappa shape index (κ2) is 5.97. The predicted molar refractivity (Wildman–Crippen MR) is 80.2 cm³/mol. The third kappa shape index (κ3) is 3.74. The normalized spacial score (nSPS) is 16.9. The van der Waals surface area contributed by atoms with Crippen molar-refractivity contribution in [3.63, 3.8) is 0 Å². The molecule has 0 radical (unpaired) electrons. The first-order valence-electron chi connectivity index (χ1n) is 6.82. The van der Waals surface area contributed by atoms with Gasteiger partial charge in [0.15, 0.2) is 0 Å². The summed E-state index contributed by atoms with van der Waals surface area (Å²) in [5, 5.41) is 0. The Hall–Kier alpha value is -1.00. The molecule has 1 unspecified atom stereocenters. The summed E-state index contributed by atoms with van der Waals surface area (Å²) < 4.78 is 0. The average Bonchev–Trinajstić information content (AvgIpc) is 2.81. The van der Waals surface area contributed by atoms with Crippen LogP contribution in [0.5, 0.6) is 0 Å². The molecule has 1 aromatic rings. The number of benzene rings is 1. The Morgan fingerprint density at radius 2 is 2.11 bits per heavy atom. The van der Waals surface area contributed by atoms with Gasteiger partial charge in [0.1, 0.15) is 0 Å². The average molecular weight is 278 g/mol. The highest BCUT2D eigenvalue weighted by Crippen LogP contribution is 2.28. The molecule has 3 nitrogen and oxygen atoms in total. The minimum Gasteiger partial charge on any atom is -0.368 e. The van der Waals surface area contributed by atoms with Crippen LogP contribution in [0.1, 0.15) is 37.3 Å². The first-order valence-corrected chi connectivity index (χ1v) is 7.81. The number of amides is 1. The molecule has 1 amide bonds. The number of primary amides is 1. The maximum Gasteiger partial charge on any atom is 0.237 e. The Labute approximate surface area is 119 Å². The van der Waals surface area contributed by atoms with Crippen molar-refractivity contribution in [3.8, 4) is 0 Å². The van der Waals surface area contributed by atoms with Crippen LogP contribution >= 0.6 is 11.8 Å². The van der Waals surface area contributed by atoms with E-state index < -0.39 is 11.4 Å². The smallest absolute Gasteiger partial charge is 0.237 e. The van der Waals surface area contributed by atoms with Crippen molar-refractivity contribution >= 4 is 17.7 Å². The number of fused-ring (bicyclic) bond motifs is 1. The number of hydrogen-bond acceptors (Lipinski definition) is 3. The van der Waals surface area contributed by atoms with Crippen molar-refractivity contribution in [1.29, 1.82) is 0 Å². The number of aryl methyl sites for hydroxylation is 2. The Morgan fingerprint density at radius 1 is 1.37 bits per heavy atom. The molecule has 4 heteroatoms. The van der Waals surface area contributed by atoms with Crippen LogP contribution in [0, 0.1) is 0 Å². The molecule has 4 N–H and O–H groups in total. The zero-order valence-electron chi connectivity index (χ0n) is 11.4. The van der Waals surface area contributed by atoms with Crippen molar-refractivity contribution in [2.45, 2.75) is 49.5 Å². The maximum atomic E-state index is 11.1. The van der Waals surface area contributed by atoms with Crippen LogP contribution in [0.3, 0.4) is 0 Å². The van der Waals surface area contributed by atoms with Crippen molar-refractivity contribution in [2.24, 2.45) is 11.5 Å². The van der Waals surface area contributed by atoms with E-state index in [9.17, 15) is 4.79 Å². The van der Waals surface area contributed by atoms with Gasteiger partial charge in [0.2, 0.25) is 5.91 Å². The number of carbonyl (C=O) groups is 1. The van der Waals surface area contributed by atoms with Gasteiger partial charge in [-0.3, -0.25) is 4.79 Å². The van der Waals surface area contributed by atoms with E-state index >= 15 is 0 Å². The molecule has 1 aromatic carbocycles. The minimum absolute atomic E-state index is 0.421. The van der Waals surface area contributed by atoms with Gasteiger partial charge < -0.3 is 11.5 Å². The van der Waals surface area contributed by atoms with Gasteiger partial charge in [0.25, 0.3) is 0 Å². The van der Waals surface area contributed by atoms with E-state index in [1.807, 2.05) is 11.8 Å². The third-order valence-corrected chi connectivity index (χ3v) is 4.82. The van der Waals surface area contributed by atoms with Gasteiger partial charge in [-0.05, 0) is 68.0 Å². The fourth-order valence-electron chi connectivity index (χ4n) is 2.39. The lowest BCUT2D eigenvalue weighted by atomic mass is 9.97. The number of hydrogen-bond donors (Lipinski definition) is 2. The minimum atomic E-state index is -0.876. The van der Waals surface area contributed by atoms with Crippen LogP contribution in [0.2, 0.25) is 0 Å². The lowest BCUT2D eigenvalue weighted by molar-refractivity contribution is -0.122. The molecular weight excluding hydrogens is 256 g/mol. The summed E-state index contributed by atoms with van der Waals surface area (Å²) in [4.78, 5) is 12.4. The highest BCUT2D eigenvalue weighted by molar-refractivity contribution is 7.99. The lowest BCUT2D eigenvalue weighted by Gasteiger charge is -2.19. The summed E-state index contributed by atoms with van der Waals surface area (Å²) in [6.45, 7) is 1.70. The van der Waals surface area contributed by atoms with Gasteiger partial charge in [0, 0.05) is 4.90 Å². The van der Waals surface area contributed by atoms with Crippen LogP contribution in [0.15, 0.2) is 23.1 Å². The summed E-state index contributed by atoms with van der Waals surface area (Å²) >= 11 is 1.83. The molecule has 0 heterocycles. The molecule has 1 aliphatic rings. The first-order chi connectivity index (χ1) is 8.99. The monoisotopic (exact) mass is 278 g/mol. The second-order valence-corrected chi connectivity index (χ2v) is 6.69. The summed E-state index contributed by atoms with van der Waals surface area (Å²) in [6, 6.07) is 6.76. The number of nitrogens with two attached hydrogens (primary N) is 2. The van der Waals surface area contributed by atoms with Gasteiger partial charge in [-0.1, -0.05) is 6.07 Å². The Kier molecular flexibility index (Phi) is 4.53. The Morgan fingerprint density at radius 3 is 2.84 bits per heavy atom. The number of rotatable bonds is 6. The van der Waals surface area contributed by atoms with Gasteiger partial charge in [-0.2, -0.15) is 0 Å². The third-order valence-electron chi connectivity index (χ3n) is 3.74. The lowest BCUT2D eigenvalue weighted by Crippen LogP contribution is -2.49. The number of thioether (sulfide) groups is 1. The van der Waals surface area contributed by atoms with Crippen LogP contribution in [-0.2, 0) is 17.6 Å². The van der Waals surface area contributed by atoms with Gasteiger partial charge >= 0.3 is 0 Å². The van der Waals surface area contributed by atoms with E-state index in [1.54, 1.807) is 6.92 Å². The fraction of sp³-hybridized carbons (Fsp3) is 0.533. The molecule has 0 spiro atoms. The highest BCUT2D eigenvalue weighted by atomic mass is 32.2. The van der Waals surface area contributed by atoms with Crippen molar-refractivity contribution in [3.05, 3.63) is 29.3 Å². The second-order valence-electron chi connectivity index (χ2n) is 5.52. The fourth-order valence-corrected chi connectivity index (χ4v) is 3.30. The van der Waals surface area contributed by atoms with Crippen LogP contribution in [0.25, 0.3) is 0 Å². The molecule has 19 heavy (non-hydrogen) atoms. The molecule has 0 aliphatic heterocycles. The molecule has 0 saturated carbocycles. The highest BCUT2D eigenvalue weighted by Gasteiger charge is 2.24. The van der Waals surface area contributed by atoms with Crippen molar-refractivity contribution < 1.29 is 4.79 Å². The van der Waals surface area contributed by atoms with Gasteiger partial charge in [0.05, 0.1) is 5.54 Å². The molecule has 0 saturated heterocycles.